The first-order chi connectivity index (χ1) is 16.0. The number of fused-ring (bicyclic) bond motifs is 1. The van der Waals surface area contributed by atoms with Gasteiger partial charge in [0.15, 0.2) is 11.5 Å². The maximum Gasteiger partial charge on any atom is 0.290 e. The van der Waals surface area contributed by atoms with Gasteiger partial charge in [0.25, 0.3) is 5.91 Å². The van der Waals surface area contributed by atoms with Crippen molar-refractivity contribution < 1.29 is 19.1 Å². The summed E-state index contributed by atoms with van der Waals surface area (Å²) < 4.78 is 7.65. The Kier molecular flexibility index (Phi) is 5.48. The van der Waals surface area contributed by atoms with E-state index in [9.17, 15) is 14.7 Å². The van der Waals surface area contributed by atoms with Gasteiger partial charge in [0, 0.05) is 35.9 Å². The Morgan fingerprint density at radius 2 is 1.91 bits per heavy atom. The highest BCUT2D eigenvalue weighted by atomic mass is 35.5. The molecule has 33 heavy (non-hydrogen) atoms. The zero-order chi connectivity index (χ0) is 22.9. The Morgan fingerprint density at radius 1 is 1.12 bits per heavy atom. The third-order valence-corrected chi connectivity index (χ3v) is 6.01. The number of Topliss-reactive ketones (excluding diaryl/α,β-unsaturated/α-hetero) is 1. The monoisotopic (exact) mass is 461 g/mol. The third-order valence-electron chi connectivity index (χ3n) is 5.76. The van der Waals surface area contributed by atoms with Gasteiger partial charge in [-0.2, -0.15) is 0 Å². The van der Waals surface area contributed by atoms with Crippen molar-refractivity contribution in [2.24, 2.45) is 0 Å². The summed E-state index contributed by atoms with van der Waals surface area (Å²) in [5, 5.41) is 12.1. The first kappa shape index (κ1) is 21.0. The summed E-state index contributed by atoms with van der Waals surface area (Å²) in [4.78, 5) is 32.1. The summed E-state index contributed by atoms with van der Waals surface area (Å²) >= 11 is 6.06. The van der Waals surface area contributed by atoms with Crippen LogP contribution in [0.3, 0.4) is 0 Å². The number of nitrogens with zero attached hydrogens (tertiary/aromatic N) is 3. The van der Waals surface area contributed by atoms with Crippen molar-refractivity contribution >= 4 is 34.3 Å². The average Bonchev–Trinajstić information content (AvgIpc) is 3.54. The highest BCUT2D eigenvalue weighted by Gasteiger charge is 2.44. The van der Waals surface area contributed by atoms with Gasteiger partial charge in [-0.15, -0.1) is 0 Å². The van der Waals surface area contributed by atoms with E-state index in [-0.39, 0.29) is 11.3 Å². The van der Waals surface area contributed by atoms with E-state index in [2.05, 4.69) is 4.98 Å². The van der Waals surface area contributed by atoms with Crippen LogP contribution in [0.25, 0.3) is 11.0 Å². The molecule has 1 aliphatic rings. The van der Waals surface area contributed by atoms with Gasteiger partial charge in [-0.25, -0.2) is 4.98 Å². The molecule has 2 aromatic heterocycles. The Labute approximate surface area is 194 Å². The van der Waals surface area contributed by atoms with Crippen LogP contribution >= 0.6 is 11.6 Å². The predicted molar refractivity (Wildman–Crippen MR) is 123 cm³/mol. The smallest absolute Gasteiger partial charge is 0.290 e. The average molecular weight is 462 g/mol. The largest absolute Gasteiger partial charge is 0.503 e. The maximum atomic E-state index is 13.5. The van der Waals surface area contributed by atoms with Crippen molar-refractivity contribution in [2.45, 2.75) is 19.0 Å². The number of ketones is 1. The Bertz CT molecular complexity index is 1320. The van der Waals surface area contributed by atoms with Crippen LogP contribution in [0.1, 0.15) is 28.6 Å². The van der Waals surface area contributed by atoms with Gasteiger partial charge in [-0.1, -0.05) is 41.9 Å². The summed E-state index contributed by atoms with van der Waals surface area (Å²) in [5.41, 5.74) is 1.24. The van der Waals surface area contributed by atoms with E-state index in [1.54, 1.807) is 48.9 Å². The molecule has 4 aromatic rings. The lowest BCUT2D eigenvalue weighted by atomic mass is 9.95. The molecular weight excluding hydrogens is 442 g/mol. The van der Waals surface area contributed by atoms with Crippen molar-refractivity contribution in [2.75, 3.05) is 6.54 Å². The molecule has 0 aliphatic carbocycles. The molecule has 7 nitrogen and oxygen atoms in total. The van der Waals surface area contributed by atoms with E-state index < -0.39 is 23.5 Å². The topological polar surface area (TPSA) is 88.6 Å². The standard InChI is InChI=1S/C25H20ClN3O4/c26-18-8-6-16(7-9-18)22-21(23(30)20-14-17-4-1-2-5-19(17)33-20)24(31)25(32)29(22)12-3-11-28-13-10-27-15-28/h1-2,4-10,13-15,22,31H,3,11-12H2/t22-/m1/s1. The summed E-state index contributed by atoms with van der Waals surface area (Å²) in [6, 6.07) is 15.0. The van der Waals surface area contributed by atoms with Gasteiger partial charge >= 0.3 is 0 Å². The number of hydrogen-bond donors (Lipinski definition) is 1. The van der Waals surface area contributed by atoms with Gasteiger partial charge in [0.1, 0.15) is 5.58 Å². The van der Waals surface area contributed by atoms with Crippen molar-refractivity contribution in [1.29, 1.82) is 0 Å². The Morgan fingerprint density at radius 3 is 2.64 bits per heavy atom. The molecule has 0 bridgehead atoms. The molecule has 5 rings (SSSR count). The number of hydrogen-bond acceptors (Lipinski definition) is 5. The quantitative estimate of drug-likeness (QED) is 0.393. The number of aliphatic hydroxyl groups is 1. The van der Waals surface area contributed by atoms with Gasteiger partial charge < -0.3 is 19.0 Å². The number of aliphatic hydroxyl groups excluding tert-OH is 1. The molecule has 3 heterocycles. The van der Waals surface area contributed by atoms with Crippen LogP contribution in [-0.2, 0) is 11.3 Å². The number of amides is 1. The van der Waals surface area contributed by atoms with E-state index in [4.69, 9.17) is 16.0 Å². The second-order valence-corrected chi connectivity index (χ2v) is 8.28. The van der Waals surface area contributed by atoms with E-state index in [0.29, 0.717) is 35.7 Å². The lowest BCUT2D eigenvalue weighted by molar-refractivity contribution is -0.129. The molecule has 0 fully saturated rings. The fourth-order valence-electron chi connectivity index (χ4n) is 4.18. The minimum Gasteiger partial charge on any atom is -0.503 e. The molecule has 0 unspecified atom stereocenters. The first-order valence-corrected chi connectivity index (χ1v) is 10.9. The fourth-order valence-corrected chi connectivity index (χ4v) is 4.30. The predicted octanol–water partition coefficient (Wildman–Crippen LogP) is 4.95. The summed E-state index contributed by atoms with van der Waals surface area (Å²) in [6.45, 7) is 0.982. The molecule has 0 saturated heterocycles. The van der Waals surface area contributed by atoms with E-state index in [1.165, 1.54) is 4.90 Å². The number of carbonyl (C=O) groups is 2. The van der Waals surface area contributed by atoms with Gasteiger partial charge in [-0.3, -0.25) is 9.59 Å². The normalized spacial score (nSPS) is 16.2. The second kappa shape index (κ2) is 8.60. The maximum absolute atomic E-state index is 13.5. The molecule has 166 valence electrons. The number of aryl methyl sites for hydroxylation is 1. The van der Waals surface area contributed by atoms with Crippen molar-refractivity contribution in [3.05, 3.63) is 101 Å². The van der Waals surface area contributed by atoms with Crippen LogP contribution in [-0.4, -0.2) is 37.8 Å². The van der Waals surface area contributed by atoms with Crippen molar-refractivity contribution in [3.63, 3.8) is 0 Å². The van der Waals surface area contributed by atoms with E-state index in [1.807, 2.05) is 29.0 Å². The molecule has 1 N–H and O–H groups in total. The minimum atomic E-state index is -0.752. The highest BCUT2D eigenvalue weighted by Crippen LogP contribution is 2.40. The van der Waals surface area contributed by atoms with Crippen LogP contribution in [0, 0.1) is 0 Å². The lowest BCUT2D eigenvalue weighted by Gasteiger charge is -2.26. The molecular formula is C25H20ClN3O4. The van der Waals surface area contributed by atoms with E-state index >= 15 is 0 Å². The number of furan rings is 1. The third kappa shape index (κ3) is 3.91. The number of para-hydroxylation sites is 1. The SMILES string of the molecule is O=C(C1=C(O)C(=O)N(CCCn2ccnc2)[C@@H]1c1ccc(Cl)cc1)c1cc2ccccc2o1. The van der Waals surface area contributed by atoms with Crippen LogP contribution in [0.15, 0.2) is 89.1 Å². The van der Waals surface area contributed by atoms with Crippen LogP contribution in [0.2, 0.25) is 5.02 Å². The minimum absolute atomic E-state index is 0.00371. The van der Waals surface area contributed by atoms with Crippen molar-refractivity contribution in [1.82, 2.24) is 14.5 Å². The second-order valence-electron chi connectivity index (χ2n) is 7.85. The Hall–Kier alpha value is -3.84. The number of benzene rings is 2. The van der Waals surface area contributed by atoms with Crippen LogP contribution in [0.5, 0.6) is 0 Å². The molecule has 1 amide bonds. The number of rotatable bonds is 7. The summed E-state index contributed by atoms with van der Waals surface area (Å²) in [5.74, 6) is -1.58. The number of carbonyl (C=O) groups excluding carboxylic acids is 2. The molecule has 0 spiro atoms. The molecule has 1 atom stereocenters. The fraction of sp³-hybridized carbons (Fsp3) is 0.160. The molecule has 0 saturated carbocycles. The molecule has 2 aromatic carbocycles. The molecule has 0 radical (unpaired) electrons. The summed E-state index contributed by atoms with van der Waals surface area (Å²) in [6.07, 6.45) is 5.85. The number of imidazole rings is 1. The van der Waals surface area contributed by atoms with Gasteiger partial charge in [0.2, 0.25) is 5.78 Å². The first-order valence-electron chi connectivity index (χ1n) is 10.5. The van der Waals surface area contributed by atoms with Gasteiger partial charge in [0.05, 0.1) is 17.9 Å². The molecule has 8 heteroatoms. The zero-order valence-electron chi connectivity index (χ0n) is 17.5. The number of halogens is 1. The zero-order valence-corrected chi connectivity index (χ0v) is 18.3. The summed E-state index contributed by atoms with van der Waals surface area (Å²) in [7, 11) is 0. The number of aromatic nitrogens is 2. The highest BCUT2D eigenvalue weighted by molar-refractivity contribution is 6.30. The van der Waals surface area contributed by atoms with E-state index in [0.717, 1.165) is 5.39 Å². The van der Waals surface area contributed by atoms with Crippen LogP contribution < -0.4 is 0 Å². The van der Waals surface area contributed by atoms with Crippen LogP contribution in [0.4, 0.5) is 0 Å². The molecule has 1 aliphatic heterocycles. The van der Waals surface area contributed by atoms with Crippen molar-refractivity contribution in [3.8, 4) is 0 Å². The lowest BCUT2D eigenvalue weighted by Crippen LogP contribution is -2.32. The Balaban J connectivity index is 1.50. The van der Waals surface area contributed by atoms with Gasteiger partial charge in [-0.05, 0) is 36.2 Å².